The fraction of sp³-hybridized carbons (Fsp3) is 0.312. The van der Waals surface area contributed by atoms with E-state index in [2.05, 4.69) is 31.6 Å². The van der Waals surface area contributed by atoms with Crippen LogP contribution in [0.2, 0.25) is 0 Å². The number of halogens is 1. The first-order chi connectivity index (χ1) is 11.3. The number of hydrogen-bond acceptors (Lipinski definition) is 4. The molecule has 0 unspecified atom stereocenters. The van der Waals surface area contributed by atoms with Crippen LogP contribution in [0.1, 0.15) is 18.2 Å². The van der Waals surface area contributed by atoms with Gasteiger partial charge in [-0.1, -0.05) is 0 Å². The van der Waals surface area contributed by atoms with Crippen molar-refractivity contribution in [2.24, 2.45) is 4.99 Å². The van der Waals surface area contributed by atoms with Crippen molar-refractivity contribution in [3.8, 4) is 11.5 Å². The summed E-state index contributed by atoms with van der Waals surface area (Å²) in [6, 6.07) is 7.73. The first kappa shape index (κ1) is 15.7. The summed E-state index contributed by atoms with van der Waals surface area (Å²) in [5.41, 5.74) is 1.04. The van der Waals surface area contributed by atoms with Gasteiger partial charge in [0.2, 0.25) is 6.79 Å². The summed E-state index contributed by atoms with van der Waals surface area (Å²) >= 11 is 3.50. The number of nitrogens with one attached hydrogen (secondary N) is 2. The van der Waals surface area contributed by atoms with Crippen LogP contribution in [0.4, 0.5) is 0 Å². The Kier molecular flexibility index (Phi) is 5.07. The molecule has 2 heterocycles. The number of guanidine groups is 1. The van der Waals surface area contributed by atoms with Crippen molar-refractivity contribution in [2.45, 2.75) is 20.0 Å². The number of benzene rings is 1. The monoisotopic (exact) mass is 379 g/mol. The SMILES string of the molecule is CCNC(=NCc1cc(Br)c2c(c1)OCO2)NCc1ccco1. The molecule has 0 radical (unpaired) electrons. The van der Waals surface area contributed by atoms with E-state index in [1.165, 1.54) is 0 Å². The minimum Gasteiger partial charge on any atom is -0.467 e. The van der Waals surface area contributed by atoms with Crippen molar-refractivity contribution < 1.29 is 13.9 Å². The fourth-order valence-corrected chi connectivity index (χ4v) is 2.81. The molecule has 1 aromatic carbocycles. The third-order valence-corrected chi connectivity index (χ3v) is 3.85. The van der Waals surface area contributed by atoms with Crippen molar-refractivity contribution in [1.82, 2.24) is 10.6 Å². The highest BCUT2D eigenvalue weighted by Gasteiger charge is 2.17. The Hall–Kier alpha value is -2.15. The predicted molar refractivity (Wildman–Crippen MR) is 90.6 cm³/mol. The average molecular weight is 380 g/mol. The molecule has 0 bridgehead atoms. The second-order valence-corrected chi connectivity index (χ2v) is 5.79. The lowest BCUT2D eigenvalue weighted by molar-refractivity contribution is 0.173. The van der Waals surface area contributed by atoms with Gasteiger partial charge in [0.1, 0.15) is 5.76 Å². The van der Waals surface area contributed by atoms with Crippen molar-refractivity contribution in [1.29, 1.82) is 0 Å². The van der Waals surface area contributed by atoms with Crippen molar-refractivity contribution in [3.63, 3.8) is 0 Å². The summed E-state index contributed by atoms with van der Waals surface area (Å²) in [6.45, 7) is 4.19. The topological polar surface area (TPSA) is 68.0 Å². The van der Waals surface area contributed by atoms with Gasteiger partial charge in [-0.15, -0.1) is 0 Å². The molecule has 7 heteroatoms. The lowest BCUT2D eigenvalue weighted by Crippen LogP contribution is -2.36. The summed E-state index contributed by atoms with van der Waals surface area (Å²) in [4.78, 5) is 4.59. The van der Waals surface area contributed by atoms with Crippen LogP contribution in [0.5, 0.6) is 11.5 Å². The zero-order valence-electron chi connectivity index (χ0n) is 12.8. The molecule has 23 heavy (non-hydrogen) atoms. The predicted octanol–water partition coefficient (Wildman–Crippen LogP) is 3.03. The normalized spacial score (nSPS) is 13.2. The van der Waals surface area contributed by atoms with Crippen LogP contribution in [0.3, 0.4) is 0 Å². The maximum Gasteiger partial charge on any atom is 0.231 e. The number of fused-ring (bicyclic) bond motifs is 1. The number of aliphatic imine (C=N–C) groups is 1. The molecule has 2 aromatic rings. The van der Waals surface area contributed by atoms with Crippen LogP contribution in [-0.4, -0.2) is 19.3 Å². The molecule has 3 rings (SSSR count). The van der Waals surface area contributed by atoms with Gasteiger partial charge in [0.15, 0.2) is 17.5 Å². The Bertz CT molecular complexity index is 686. The quantitative estimate of drug-likeness (QED) is 0.617. The van der Waals surface area contributed by atoms with Crippen LogP contribution < -0.4 is 20.1 Å². The summed E-state index contributed by atoms with van der Waals surface area (Å²) < 4.78 is 17.0. The summed E-state index contributed by atoms with van der Waals surface area (Å²) in [5.74, 6) is 3.10. The van der Waals surface area contributed by atoms with Crippen molar-refractivity contribution in [2.75, 3.05) is 13.3 Å². The van der Waals surface area contributed by atoms with E-state index in [0.29, 0.717) is 13.1 Å². The van der Waals surface area contributed by atoms with Crippen LogP contribution in [0.25, 0.3) is 0 Å². The average Bonchev–Trinajstić information content (AvgIpc) is 3.21. The van der Waals surface area contributed by atoms with Crippen LogP contribution >= 0.6 is 15.9 Å². The van der Waals surface area contributed by atoms with Crippen LogP contribution in [0, 0.1) is 0 Å². The zero-order chi connectivity index (χ0) is 16.1. The van der Waals surface area contributed by atoms with Crippen molar-refractivity contribution >= 4 is 21.9 Å². The molecular weight excluding hydrogens is 362 g/mol. The molecule has 0 amide bonds. The number of rotatable bonds is 5. The molecule has 2 N–H and O–H groups in total. The lowest BCUT2D eigenvalue weighted by atomic mass is 10.2. The second-order valence-electron chi connectivity index (χ2n) is 4.94. The summed E-state index contributed by atoms with van der Waals surface area (Å²) in [7, 11) is 0. The third kappa shape index (κ3) is 3.98. The molecule has 0 saturated heterocycles. The van der Waals surface area contributed by atoms with Gasteiger partial charge >= 0.3 is 0 Å². The maximum atomic E-state index is 5.43. The van der Waals surface area contributed by atoms with Gasteiger partial charge in [0.25, 0.3) is 0 Å². The Labute approximate surface area is 143 Å². The molecule has 1 aliphatic heterocycles. The van der Waals surface area contributed by atoms with Crippen LogP contribution in [-0.2, 0) is 13.1 Å². The molecule has 0 fully saturated rings. The molecule has 6 nitrogen and oxygen atoms in total. The molecule has 1 aromatic heterocycles. The van der Waals surface area contributed by atoms with E-state index in [0.717, 1.165) is 39.8 Å². The van der Waals surface area contributed by atoms with Crippen LogP contribution in [0.15, 0.2) is 44.4 Å². The van der Waals surface area contributed by atoms with E-state index in [-0.39, 0.29) is 6.79 Å². The minimum absolute atomic E-state index is 0.258. The van der Waals surface area contributed by atoms with Gasteiger partial charge in [-0.3, -0.25) is 0 Å². The van der Waals surface area contributed by atoms with E-state index in [9.17, 15) is 0 Å². The first-order valence-electron chi connectivity index (χ1n) is 7.39. The first-order valence-corrected chi connectivity index (χ1v) is 8.18. The van der Waals surface area contributed by atoms with Gasteiger partial charge in [0.05, 0.1) is 23.8 Å². The number of nitrogens with zero attached hydrogens (tertiary/aromatic N) is 1. The highest BCUT2D eigenvalue weighted by Crippen LogP contribution is 2.40. The van der Waals surface area contributed by atoms with Gasteiger partial charge in [0, 0.05) is 6.54 Å². The van der Waals surface area contributed by atoms with Gasteiger partial charge in [-0.05, 0) is 52.7 Å². The molecule has 0 atom stereocenters. The highest BCUT2D eigenvalue weighted by molar-refractivity contribution is 9.10. The minimum atomic E-state index is 0.258. The Balaban J connectivity index is 1.66. The molecule has 122 valence electrons. The molecular formula is C16H18BrN3O3. The molecule has 0 aliphatic carbocycles. The smallest absolute Gasteiger partial charge is 0.231 e. The Morgan fingerprint density at radius 1 is 1.30 bits per heavy atom. The summed E-state index contributed by atoms with van der Waals surface area (Å²) in [5, 5.41) is 6.45. The maximum absolute atomic E-state index is 5.43. The lowest BCUT2D eigenvalue weighted by Gasteiger charge is -2.10. The van der Waals surface area contributed by atoms with Gasteiger partial charge in [-0.2, -0.15) is 0 Å². The van der Waals surface area contributed by atoms with Crippen molar-refractivity contribution in [3.05, 3.63) is 46.3 Å². The third-order valence-electron chi connectivity index (χ3n) is 3.26. The van der Waals surface area contributed by atoms with E-state index in [1.807, 2.05) is 31.2 Å². The fourth-order valence-electron chi connectivity index (χ4n) is 2.21. The number of furan rings is 1. The van der Waals surface area contributed by atoms with Gasteiger partial charge < -0.3 is 24.5 Å². The zero-order valence-corrected chi connectivity index (χ0v) is 14.4. The second kappa shape index (κ2) is 7.41. The molecule has 0 spiro atoms. The van der Waals surface area contributed by atoms with Gasteiger partial charge in [-0.25, -0.2) is 4.99 Å². The Morgan fingerprint density at radius 2 is 2.22 bits per heavy atom. The van der Waals surface area contributed by atoms with E-state index >= 15 is 0 Å². The van der Waals surface area contributed by atoms with E-state index in [1.54, 1.807) is 6.26 Å². The highest BCUT2D eigenvalue weighted by atomic mass is 79.9. The number of hydrogen-bond donors (Lipinski definition) is 2. The summed E-state index contributed by atoms with van der Waals surface area (Å²) in [6.07, 6.45) is 1.66. The van der Waals surface area contributed by atoms with E-state index < -0.39 is 0 Å². The molecule has 1 aliphatic rings. The Morgan fingerprint density at radius 3 is 3.00 bits per heavy atom. The standard InChI is InChI=1S/C16H18BrN3O3/c1-2-18-16(20-9-12-4-3-5-21-12)19-8-11-6-13(17)15-14(7-11)22-10-23-15/h3-7H,2,8-10H2,1H3,(H2,18,19,20). The van der Waals surface area contributed by atoms with E-state index in [4.69, 9.17) is 13.9 Å². The molecule has 0 saturated carbocycles. The largest absolute Gasteiger partial charge is 0.467 e. The number of ether oxygens (including phenoxy) is 2.